The maximum absolute atomic E-state index is 12.2. The maximum Gasteiger partial charge on any atom is 0.255 e. The van der Waals surface area contributed by atoms with Crippen molar-refractivity contribution in [1.82, 2.24) is 4.57 Å². The number of carbonyl (C=O) groups excluding carboxylic acids is 1. The number of rotatable bonds is 4. The molecule has 2 aromatic carbocycles. The normalized spacial score (nSPS) is 10.3. The largest absolute Gasteiger partial charge is 0.329 e. The molecule has 1 N–H and O–H groups in total. The van der Waals surface area contributed by atoms with E-state index in [0.29, 0.717) is 6.41 Å². The molecule has 0 aliphatic carbocycles. The number of pyridine rings is 1. The minimum atomic E-state index is -0.0707. The fourth-order valence-corrected chi connectivity index (χ4v) is 2.46. The van der Waals surface area contributed by atoms with Crippen molar-refractivity contribution in [3.63, 3.8) is 0 Å². The van der Waals surface area contributed by atoms with Crippen LogP contribution in [-0.2, 0) is 4.79 Å². The van der Waals surface area contributed by atoms with E-state index in [1.807, 2.05) is 61.7 Å². The predicted molar refractivity (Wildman–Crippen MR) is 91.9 cm³/mol. The van der Waals surface area contributed by atoms with E-state index in [9.17, 15) is 9.59 Å². The molecule has 1 heterocycles. The van der Waals surface area contributed by atoms with Crippen LogP contribution in [0.4, 0.5) is 5.69 Å². The van der Waals surface area contributed by atoms with Crippen molar-refractivity contribution < 1.29 is 4.79 Å². The summed E-state index contributed by atoms with van der Waals surface area (Å²) in [6, 6.07) is 18.7. The van der Waals surface area contributed by atoms with E-state index in [4.69, 9.17) is 0 Å². The third-order valence-electron chi connectivity index (χ3n) is 3.63. The van der Waals surface area contributed by atoms with Crippen LogP contribution in [0.25, 0.3) is 16.8 Å². The Labute approximate surface area is 134 Å². The monoisotopic (exact) mass is 304 g/mol. The van der Waals surface area contributed by atoms with E-state index in [1.54, 1.807) is 16.7 Å². The molecule has 0 bridgehead atoms. The molecule has 0 unspecified atom stereocenters. The van der Waals surface area contributed by atoms with Gasteiger partial charge in [0, 0.05) is 23.6 Å². The number of aryl methyl sites for hydroxylation is 1. The van der Waals surface area contributed by atoms with Crippen LogP contribution in [0.15, 0.2) is 71.7 Å². The van der Waals surface area contributed by atoms with Crippen LogP contribution < -0.4 is 10.9 Å². The molecule has 114 valence electrons. The van der Waals surface area contributed by atoms with Crippen molar-refractivity contribution in [3.8, 4) is 16.8 Å². The molecule has 1 aromatic heterocycles. The van der Waals surface area contributed by atoms with Gasteiger partial charge in [0.2, 0.25) is 6.41 Å². The first-order valence-corrected chi connectivity index (χ1v) is 7.28. The first-order chi connectivity index (χ1) is 11.2. The summed E-state index contributed by atoms with van der Waals surface area (Å²) in [7, 11) is 0. The van der Waals surface area contributed by atoms with Gasteiger partial charge < -0.3 is 5.32 Å². The molecule has 0 radical (unpaired) electrons. The van der Waals surface area contributed by atoms with Crippen LogP contribution in [0.5, 0.6) is 0 Å². The molecule has 0 aliphatic rings. The second-order valence-corrected chi connectivity index (χ2v) is 5.30. The third kappa shape index (κ3) is 3.21. The number of aromatic nitrogens is 1. The Bertz CT molecular complexity index is 896. The first kappa shape index (κ1) is 14.8. The predicted octanol–water partition coefficient (Wildman–Crippen LogP) is 3.38. The van der Waals surface area contributed by atoms with Crippen LogP contribution in [0.2, 0.25) is 0 Å². The van der Waals surface area contributed by atoms with E-state index in [2.05, 4.69) is 5.32 Å². The molecule has 4 heteroatoms. The van der Waals surface area contributed by atoms with Crippen LogP contribution in [-0.4, -0.2) is 11.0 Å². The number of hydrogen-bond donors (Lipinski definition) is 1. The summed E-state index contributed by atoms with van der Waals surface area (Å²) in [5.41, 5.74) is 4.51. The molecule has 0 saturated carbocycles. The Morgan fingerprint density at radius 2 is 1.70 bits per heavy atom. The maximum atomic E-state index is 12.2. The average molecular weight is 304 g/mol. The van der Waals surface area contributed by atoms with Crippen molar-refractivity contribution in [1.29, 1.82) is 0 Å². The number of nitrogens with zero attached hydrogens (tertiary/aromatic N) is 1. The molecule has 4 nitrogen and oxygen atoms in total. The molecule has 0 atom stereocenters. The van der Waals surface area contributed by atoms with Gasteiger partial charge in [0.05, 0.1) is 0 Å². The molecular formula is C19H16N2O2. The van der Waals surface area contributed by atoms with Gasteiger partial charge in [-0.3, -0.25) is 14.2 Å². The summed E-state index contributed by atoms with van der Waals surface area (Å²) in [6.45, 7) is 2.00. The van der Waals surface area contributed by atoms with Crippen molar-refractivity contribution in [2.45, 2.75) is 6.92 Å². The molecular weight excluding hydrogens is 288 g/mol. The molecule has 0 spiro atoms. The summed E-state index contributed by atoms with van der Waals surface area (Å²) in [6.07, 6.45) is 2.48. The minimum absolute atomic E-state index is 0.0707. The van der Waals surface area contributed by atoms with Crippen molar-refractivity contribution in [3.05, 3.63) is 82.8 Å². The standard InChI is InChI=1S/C19H16N2O2/c1-14-3-2-4-18(11-14)21-12-16(7-10-19(21)23)15-5-8-17(9-6-15)20-13-22/h2-13H,1H3,(H,20,22). The number of amides is 1. The van der Waals surface area contributed by atoms with Gasteiger partial charge in [-0.2, -0.15) is 0 Å². The summed E-state index contributed by atoms with van der Waals surface area (Å²) in [5.74, 6) is 0. The summed E-state index contributed by atoms with van der Waals surface area (Å²) < 4.78 is 1.64. The van der Waals surface area contributed by atoms with E-state index >= 15 is 0 Å². The lowest BCUT2D eigenvalue weighted by Gasteiger charge is -2.10. The second-order valence-electron chi connectivity index (χ2n) is 5.30. The highest BCUT2D eigenvalue weighted by Crippen LogP contribution is 2.21. The topological polar surface area (TPSA) is 51.1 Å². The number of anilines is 1. The number of benzene rings is 2. The van der Waals surface area contributed by atoms with Gasteiger partial charge in [-0.1, -0.05) is 24.3 Å². The van der Waals surface area contributed by atoms with Gasteiger partial charge in [-0.25, -0.2) is 0 Å². The van der Waals surface area contributed by atoms with Gasteiger partial charge in [0.15, 0.2) is 0 Å². The lowest BCUT2D eigenvalue weighted by molar-refractivity contribution is -0.105. The lowest BCUT2D eigenvalue weighted by atomic mass is 10.1. The number of nitrogens with one attached hydrogen (secondary N) is 1. The Balaban J connectivity index is 2.03. The zero-order valence-electron chi connectivity index (χ0n) is 12.7. The summed E-state index contributed by atoms with van der Waals surface area (Å²) >= 11 is 0. The Kier molecular flexibility index (Phi) is 4.06. The third-order valence-corrected chi connectivity index (χ3v) is 3.63. The fourth-order valence-electron chi connectivity index (χ4n) is 2.46. The van der Waals surface area contributed by atoms with E-state index in [-0.39, 0.29) is 5.56 Å². The molecule has 0 aliphatic heterocycles. The van der Waals surface area contributed by atoms with Gasteiger partial charge in [-0.05, 0) is 53.9 Å². The van der Waals surface area contributed by atoms with Crippen molar-refractivity contribution >= 4 is 12.1 Å². The minimum Gasteiger partial charge on any atom is -0.329 e. The van der Waals surface area contributed by atoms with E-state index in [0.717, 1.165) is 28.1 Å². The average Bonchev–Trinajstić information content (AvgIpc) is 2.56. The molecule has 3 aromatic rings. The van der Waals surface area contributed by atoms with Crippen molar-refractivity contribution in [2.75, 3.05) is 5.32 Å². The number of hydrogen-bond acceptors (Lipinski definition) is 2. The first-order valence-electron chi connectivity index (χ1n) is 7.28. The van der Waals surface area contributed by atoms with Crippen molar-refractivity contribution in [2.24, 2.45) is 0 Å². The van der Waals surface area contributed by atoms with Gasteiger partial charge >= 0.3 is 0 Å². The van der Waals surface area contributed by atoms with E-state index in [1.165, 1.54) is 0 Å². The molecule has 23 heavy (non-hydrogen) atoms. The summed E-state index contributed by atoms with van der Waals surface area (Å²) in [4.78, 5) is 22.6. The van der Waals surface area contributed by atoms with E-state index < -0.39 is 0 Å². The number of carbonyl (C=O) groups is 1. The van der Waals surface area contributed by atoms with Crippen LogP contribution in [0.3, 0.4) is 0 Å². The quantitative estimate of drug-likeness (QED) is 0.751. The summed E-state index contributed by atoms with van der Waals surface area (Å²) in [5, 5.41) is 2.60. The molecule has 0 fully saturated rings. The fraction of sp³-hybridized carbons (Fsp3) is 0.0526. The lowest BCUT2D eigenvalue weighted by Crippen LogP contribution is -2.16. The second kappa shape index (κ2) is 6.32. The smallest absolute Gasteiger partial charge is 0.255 e. The Hall–Kier alpha value is -3.14. The van der Waals surface area contributed by atoms with Gasteiger partial charge in [0.1, 0.15) is 0 Å². The highest BCUT2D eigenvalue weighted by atomic mass is 16.1. The molecule has 1 amide bonds. The van der Waals surface area contributed by atoms with Gasteiger partial charge in [0.25, 0.3) is 5.56 Å². The highest BCUT2D eigenvalue weighted by molar-refractivity contribution is 5.73. The Morgan fingerprint density at radius 1 is 0.957 bits per heavy atom. The molecule has 3 rings (SSSR count). The van der Waals surface area contributed by atoms with Gasteiger partial charge in [-0.15, -0.1) is 0 Å². The van der Waals surface area contributed by atoms with Crippen LogP contribution >= 0.6 is 0 Å². The van der Waals surface area contributed by atoms with Crippen LogP contribution in [0, 0.1) is 6.92 Å². The highest BCUT2D eigenvalue weighted by Gasteiger charge is 2.04. The zero-order chi connectivity index (χ0) is 16.2. The van der Waals surface area contributed by atoms with Crippen LogP contribution in [0.1, 0.15) is 5.56 Å². The zero-order valence-corrected chi connectivity index (χ0v) is 12.7. The Morgan fingerprint density at radius 3 is 2.39 bits per heavy atom. The SMILES string of the molecule is Cc1cccc(-n2cc(-c3ccc(NC=O)cc3)ccc2=O)c1. The molecule has 0 saturated heterocycles.